The summed E-state index contributed by atoms with van der Waals surface area (Å²) >= 11 is 0. The van der Waals surface area contributed by atoms with E-state index in [1.54, 1.807) is 19.1 Å². The van der Waals surface area contributed by atoms with Crippen LogP contribution in [-0.4, -0.2) is 33.7 Å². The summed E-state index contributed by atoms with van der Waals surface area (Å²) in [5.74, 6) is -0.378. The highest BCUT2D eigenvalue weighted by molar-refractivity contribution is 6.11. The SMILES string of the molecule is Cc1cc(C(=O)CN2C(=O)NC(C)(c3ccco3)C2=O)c(C)n1C1CC1. The van der Waals surface area contributed by atoms with Crippen molar-refractivity contribution in [2.75, 3.05) is 6.54 Å². The number of aromatic nitrogens is 1. The number of Topliss-reactive ketones (excluding diaryl/α,β-unsaturated/α-hetero) is 1. The minimum Gasteiger partial charge on any atom is -0.466 e. The van der Waals surface area contributed by atoms with Crippen LogP contribution < -0.4 is 5.32 Å². The van der Waals surface area contributed by atoms with Gasteiger partial charge in [0.1, 0.15) is 5.76 Å². The maximum Gasteiger partial charge on any atom is 0.325 e. The predicted molar refractivity (Wildman–Crippen MR) is 92.8 cm³/mol. The first kappa shape index (κ1) is 16.6. The fraction of sp³-hybridized carbons (Fsp3) is 0.421. The number of urea groups is 1. The Morgan fingerprint density at radius 3 is 2.69 bits per heavy atom. The monoisotopic (exact) mass is 355 g/mol. The van der Waals surface area contributed by atoms with Crippen molar-refractivity contribution in [1.29, 1.82) is 0 Å². The van der Waals surface area contributed by atoms with Gasteiger partial charge in [-0.25, -0.2) is 4.79 Å². The zero-order valence-corrected chi connectivity index (χ0v) is 15.0. The van der Waals surface area contributed by atoms with Crippen LogP contribution in [0.3, 0.4) is 0 Å². The summed E-state index contributed by atoms with van der Waals surface area (Å²) < 4.78 is 7.47. The van der Waals surface area contributed by atoms with E-state index in [0.29, 0.717) is 17.4 Å². The van der Waals surface area contributed by atoms with Crippen molar-refractivity contribution in [2.24, 2.45) is 0 Å². The minimum atomic E-state index is -1.29. The number of hydrogen-bond acceptors (Lipinski definition) is 4. The molecule has 1 N–H and O–H groups in total. The van der Waals surface area contributed by atoms with Crippen LogP contribution in [0.25, 0.3) is 0 Å². The second-order valence-corrected chi connectivity index (χ2v) is 7.23. The highest BCUT2D eigenvalue weighted by Crippen LogP contribution is 2.38. The highest BCUT2D eigenvalue weighted by Gasteiger charge is 2.51. The molecule has 2 aromatic rings. The topological polar surface area (TPSA) is 84.6 Å². The quantitative estimate of drug-likeness (QED) is 0.660. The summed E-state index contributed by atoms with van der Waals surface area (Å²) in [6, 6.07) is 5.02. The maximum atomic E-state index is 12.8. The first-order valence-electron chi connectivity index (χ1n) is 8.72. The predicted octanol–water partition coefficient (Wildman–Crippen LogP) is 2.68. The molecule has 1 atom stereocenters. The normalized spacial score (nSPS) is 22.8. The average molecular weight is 355 g/mol. The molecule has 0 radical (unpaired) electrons. The molecule has 2 aliphatic rings. The zero-order valence-electron chi connectivity index (χ0n) is 15.0. The fourth-order valence-corrected chi connectivity index (χ4v) is 3.75. The number of furan rings is 1. The molecule has 3 heterocycles. The van der Waals surface area contributed by atoms with Crippen molar-refractivity contribution >= 4 is 17.7 Å². The van der Waals surface area contributed by atoms with Gasteiger partial charge in [-0.3, -0.25) is 14.5 Å². The zero-order chi connectivity index (χ0) is 18.6. The van der Waals surface area contributed by atoms with E-state index < -0.39 is 17.5 Å². The molecule has 1 aliphatic carbocycles. The number of imide groups is 1. The number of rotatable bonds is 5. The Hall–Kier alpha value is -2.83. The molecule has 2 fully saturated rings. The van der Waals surface area contributed by atoms with Crippen LogP contribution in [0.15, 0.2) is 28.9 Å². The van der Waals surface area contributed by atoms with Crippen LogP contribution in [0.2, 0.25) is 0 Å². The molecular formula is C19H21N3O4. The molecule has 1 unspecified atom stereocenters. The van der Waals surface area contributed by atoms with Gasteiger partial charge < -0.3 is 14.3 Å². The van der Waals surface area contributed by atoms with Crippen molar-refractivity contribution in [3.63, 3.8) is 0 Å². The smallest absolute Gasteiger partial charge is 0.325 e. The van der Waals surface area contributed by atoms with Gasteiger partial charge in [0.05, 0.1) is 12.8 Å². The largest absolute Gasteiger partial charge is 0.466 e. The first-order valence-corrected chi connectivity index (χ1v) is 8.72. The highest BCUT2D eigenvalue weighted by atomic mass is 16.3. The summed E-state index contributed by atoms with van der Waals surface area (Å²) in [5.41, 5.74) is 1.22. The summed E-state index contributed by atoms with van der Waals surface area (Å²) in [7, 11) is 0. The van der Waals surface area contributed by atoms with Gasteiger partial charge in [-0.05, 0) is 51.8 Å². The van der Waals surface area contributed by atoms with Crippen LogP contribution in [0.4, 0.5) is 4.79 Å². The van der Waals surface area contributed by atoms with Crippen LogP contribution in [0.5, 0.6) is 0 Å². The van der Waals surface area contributed by atoms with Gasteiger partial charge in [0.15, 0.2) is 11.3 Å². The molecule has 136 valence electrons. The van der Waals surface area contributed by atoms with Gasteiger partial charge in [-0.2, -0.15) is 0 Å². The summed E-state index contributed by atoms with van der Waals surface area (Å²) in [6.07, 6.45) is 3.69. The first-order chi connectivity index (χ1) is 12.3. The standard InChI is InChI=1S/C19H21N3O4/c1-11-9-14(12(2)22(11)13-6-7-13)15(23)10-21-17(24)19(3,20-18(21)25)16-5-4-8-26-16/h4-5,8-9,13H,6-7,10H2,1-3H3,(H,20,25). The van der Waals surface area contributed by atoms with Gasteiger partial charge in [-0.15, -0.1) is 0 Å². The van der Waals surface area contributed by atoms with E-state index in [9.17, 15) is 14.4 Å². The van der Waals surface area contributed by atoms with Gasteiger partial charge in [0.2, 0.25) is 0 Å². The molecule has 0 bridgehead atoms. The number of nitrogens with zero attached hydrogens (tertiary/aromatic N) is 2. The third-order valence-electron chi connectivity index (χ3n) is 5.29. The number of nitrogens with one attached hydrogen (secondary N) is 1. The lowest BCUT2D eigenvalue weighted by Gasteiger charge is -2.18. The van der Waals surface area contributed by atoms with Gasteiger partial charge in [0, 0.05) is 23.0 Å². The number of ketones is 1. The van der Waals surface area contributed by atoms with E-state index in [0.717, 1.165) is 29.1 Å². The minimum absolute atomic E-state index is 0.239. The van der Waals surface area contributed by atoms with E-state index in [4.69, 9.17) is 4.42 Å². The second kappa shape index (κ2) is 5.59. The third-order valence-corrected chi connectivity index (χ3v) is 5.29. The molecule has 1 aliphatic heterocycles. The van der Waals surface area contributed by atoms with Gasteiger partial charge >= 0.3 is 6.03 Å². The molecule has 3 amide bonds. The van der Waals surface area contributed by atoms with Gasteiger partial charge in [0.25, 0.3) is 5.91 Å². The number of carbonyl (C=O) groups excluding carboxylic acids is 3. The van der Waals surface area contributed by atoms with Crippen LogP contribution in [-0.2, 0) is 10.3 Å². The molecule has 7 nitrogen and oxygen atoms in total. The Balaban J connectivity index is 1.58. The lowest BCUT2D eigenvalue weighted by atomic mass is 9.99. The molecule has 0 spiro atoms. The van der Waals surface area contributed by atoms with E-state index in [-0.39, 0.29) is 12.3 Å². The number of amides is 3. The van der Waals surface area contributed by atoms with Gasteiger partial charge in [-0.1, -0.05) is 0 Å². The third kappa shape index (κ3) is 2.38. The Bertz CT molecular complexity index is 908. The van der Waals surface area contributed by atoms with Crippen molar-refractivity contribution in [2.45, 2.75) is 45.2 Å². The van der Waals surface area contributed by atoms with E-state index in [1.165, 1.54) is 6.26 Å². The molecule has 1 saturated heterocycles. The molecule has 7 heteroatoms. The van der Waals surface area contributed by atoms with Crippen LogP contribution in [0, 0.1) is 13.8 Å². The molecule has 26 heavy (non-hydrogen) atoms. The van der Waals surface area contributed by atoms with Crippen molar-refractivity contribution < 1.29 is 18.8 Å². The summed E-state index contributed by atoms with van der Waals surface area (Å²) in [5, 5.41) is 2.64. The van der Waals surface area contributed by atoms with Crippen molar-refractivity contribution in [1.82, 2.24) is 14.8 Å². The molecule has 0 aromatic carbocycles. The number of carbonyl (C=O) groups is 3. The summed E-state index contributed by atoms with van der Waals surface area (Å²) in [6.45, 7) is 5.19. The van der Waals surface area contributed by atoms with Crippen molar-refractivity contribution in [3.8, 4) is 0 Å². The maximum absolute atomic E-state index is 12.8. The summed E-state index contributed by atoms with van der Waals surface area (Å²) in [4.78, 5) is 38.9. The van der Waals surface area contributed by atoms with E-state index >= 15 is 0 Å². The lowest BCUT2D eigenvalue weighted by molar-refractivity contribution is -0.131. The Morgan fingerprint density at radius 2 is 2.08 bits per heavy atom. The number of hydrogen-bond donors (Lipinski definition) is 1. The number of aryl methyl sites for hydroxylation is 1. The Morgan fingerprint density at radius 1 is 1.35 bits per heavy atom. The molecular weight excluding hydrogens is 334 g/mol. The average Bonchev–Trinajstić information content (AvgIpc) is 3.08. The van der Waals surface area contributed by atoms with Crippen LogP contribution >= 0.6 is 0 Å². The van der Waals surface area contributed by atoms with E-state index in [2.05, 4.69) is 9.88 Å². The lowest BCUT2D eigenvalue weighted by Crippen LogP contribution is -2.41. The molecule has 2 aromatic heterocycles. The Labute approximate surface area is 150 Å². The Kier molecular flexibility index (Phi) is 3.57. The fourth-order valence-electron chi connectivity index (χ4n) is 3.75. The van der Waals surface area contributed by atoms with Crippen molar-refractivity contribution in [3.05, 3.63) is 47.2 Å². The van der Waals surface area contributed by atoms with Crippen LogP contribution in [0.1, 0.15) is 53.3 Å². The molecule has 1 saturated carbocycles. The molecule has 4 rings (SSSR count). The second-order valence-electron chi connectivity index (χ2n) is 7.23. The van der Waals surface area contributed by atoms with E-state index in [1.807, 2.05) is 19.9 Å².